The Morgan fingerprint density at radius 2 is 2.08 bits per heavy atom. The molecule has 7 heteroatoms. The monoisotopic (exact) mass is 368 g/mol. The number of imidazole rings is 1. The standard InChI is InChI=1S/C19H20N4O2S/c24-19(14-26-13-16-4-3-7-20-12-16)22-17-5-1-2-6-18(17)25-11-10-23-9-8-21-15-23/h1-9,12,15H,10-11,13-14H2,(H,22,24). The van der Waals surface area contributed by atoms with Crippen molar-refractivity contribution < 1.29 is 9.53 Å². The number of amides is 1. The van der Waals surface area contributed by atoms with Gasteiger partial charge >= 0.3 is 0 Å². The first-order valence-electron chi connectivity index (χ1n) is 8.25. The largest absolute Gasteiger partial charge is 0.490 e. The van der Waals surface area contributed by atoms with Crippen molar-refractivity contribution in [2.45, 2.75) is 12.3 Å². The molecule has 3 aromatic rings. The summed E-state index contributed by atoms with van der Waals surface area (Å²) in [7, 11) is 0. The third-order valence-electron chi connectivity index (χ3n) is 3.55. The Morgan fingerprint density at radius 1 is 1.15 bits per heavy atom. The summed E-state index contributed by atoms with van der Waals surface area (Å²) in [6, 6.07) is 11.4. The van der Waals surface area contributed by atoms with E-state index in [1.54, 1.807) is 30.5 Å². The normalized spacial score (nSPS) is 10.5. The van der Waals surface area contributed by atoms with Crippen molar-refractivity contribution in [1.29, 1.82) is 0 Å². The number of nitrogens with zero attached hydrogens (tertiary/aromatic N) is 3. The third-order valence-corrected chi connectivity index (χ3v) is 4.56. The van der Waals surface area contributed by atoms with Crippen molar-refractivity contribution in [1.82, 2.24) is 14.5 Å². The Hall–Kier alpha value is -2.80. The quantitative estimate of drug-likeness (QED) is 0.628. The fourth-order valence-electron chi connectivity index (χ4n) is 2.31. The van der Waals surface area contributed by atoms with Crippen LogP contribution in [0.25, 0.3) is 0 Å². The van der Waals surface area contributed by atoms with Gasteiger partial charge in [0.25, 0.3) is 0 Å². The molecule has 0 saturated carbocycles. The van der Waals surface area contributed by atoms with Gasteiger partial charge in [0.15, 0.2) is 0 Å². The van der Waals surface area contributed by atoms with Crippen LogP contribution in [0.4, 0.5) is 5.69 Å². The zero-order valence-electron chi connectivity index (χ0n) is 14.2. The first-order chi connectivity index (χ1) is 12.8. The molecule has 0 aliphatic rings. The molecule has 0 bridgehead atoms. The topological polar surface area (TPSA) is 69.0 Å². The van der Waals surface area contributed by atoms with E-state index in [2.05, 4.69) is 15.3 Å². The van der Waals surface area contributed by atoms with Crippen molar-refractivity contribution in [3.05, 3.63) is 73.1 Å². The molecule has 0 fully saturated rings. The number of anilines is 1. The summed E-state index contributed by atoms with van der Waals surface area (Å²) >= 11 is 1.55. The number of thioether (sulfide) groups is 1. The fraction of sp³-hybridized carbons (Fsp3) is 0.211. The highest BCUT2D eigenvalue weighted by Gasteiger charge is 2.08. The van der Waals surface area contributed by atoms with Crippen molar-refractivity contribution in [2.75, 3.05) is 17.7 Å². The summed E-state index contributed by atoms with van der Waals surface area (Å²) in [5, 5.41) is 2.92. The number of benzene rings is 1. The smallest absolute Gasteiger partial charge is 0.234 e. The van der Waals surface area contributed by atoms with Gasteiger partial charge in [-0.1, -0.05) is 18.2 Å². The number of aromatic nitrogens is 3. The minimum atomic E-state index is -0.0513. The summed E-state index contributed by atoms with van der Waals surface area (Å²) < 4.78 is 7.75. The van der Waals surface area contributed by atoms with E-state index < -0.39 is 0 Å². The van der Waals surface area contributed by atoms with Crippen molar-refractivity contribution in [2.24, 2.45) is 0 Å². The molecule has 1 aromatic carbocycles. The number of ether oxygens (including phenoxy) is 1. The van der Waals surface area contributed by atoms with Gasteiger partial charge in [-0.05, 0) is 23.8 Å². The number of rotatable bonds is 9. The average molecular weight is 368 g/mol. The van der Waals surface area contributed by atoms with E-state index in [0.29, 0.717) is 30.3 Å². The van der Waals surface area contributed by atoms with E-state index in [0.717, 1.165) is 11.3 Å². The number of carbonyl (C=O) groups excluding carboxylic acids is 1. The summed E-state index contributed by atoms with van der Waals surface area (Å²) in [5.41, 5.74) is 1.79. The van der Waals surface area contributed by atoms with Crippen LogP contribution >= 0.6 is 11.8 Å². The van der Waals surface area contributed by atoms with Gasteiger partial charge in [0.05, 0.1) is 24.3 Å². The van der Waals surface area contributed by atoms with Crippen LogP contribution < -0.4 is 10.1 Å². The summed E-state index contributed by atoms with van der Waals surface area (Å²) in [4.78, 5) is 20.3. The molecular formula is C19H20N4O2S. The van der Waals surface area contributed by atoms with E-state index in [-0.39, 0.29) is 5.91 Å². The molecule has 26 heavy (non-hydrogen) atoms. The number of nitrogens with one attached hydrogen (secondary N) is 1. The third kappa shape index (κ3) is 5.63. The van der Waals surface area contributed by atoms with Crippen LogP contribution in [0.15, 0.2) is 67.5 Å². The van der Waals surface area contributed by atoms with Gasteiger partial charge in [-0.2, -0.15) is 0 Å². The lowest BCUT2D eigenvalue weighted by Crippen LogP contribution is -2.15. The molecule has 6 nitrogen and oxygen atoms in total. The fourth-order valence-corrected chi connectivity index (χ4v) is 3.07. The lowest BCUT2D eigenvalue weighted by molar-refractivity contribution is -0.113. The van der Waals surface area contributed by atoms with Crippen molar-refractivity contribution in [3.63, 3.8) is 0 Å². The Morgan fingerprint density at radius 3 is 2.88 bits per heavy atom. The minimum absolute atomic E-state index is 0.0513. The second kappa shape index (κ2) is 9.62. The van der Waals surface area contributed by atoms with E-state index in [1.165, 1.54) is 0 Å². The van der Waals surface area contributed by atoms with Gasteiger partial charge in [-0.15, -0.1) is 11.8 Å². The predicted molar refractivity (Wildman–Crippen MR) is 103 cm³/mol. The number of carbonyl (C=O) groups is 1. The molecule has 0 unspecified atom stereocenters. The van der Waals surface area contributed by atoms with Gasteiger partial charge in [-0.3, -0.25) is 9.78 Å². The number of hydrogen-bond donors (Lipinski definition) is 1. The number of para-hydroxylation sites is 2. The second-order valence-electron chi connectivity index (χ2n) is 5.55. The average Bonchev–Trinajstić information content (AvgIpc) is 3.17. The highest BCUT2D eigenvalue weighted by atomic mass is 32.2. The van der Waals surface area contributed by atoms with Crippen LogP contribution in [0.3, 0.4) is 0 Å². The first-order valence-corrected chi connectivity index (χ1v) is 9.41. The van der Waals surface area contributed by atoms with Crippen LogP contribution in [-0.2, 0) is 17.1 Å². The molecule has 0 aliphatic carbocycles. The lowest BCUT2D eigenvalue weighted by Gasteiger charge is -2.12. The Bertz CT molecular complexity index is 809. The highest BCUT2D eigenvalue weighted by Crippen LogP contribution is 2.24. The lowest BCUT2D eigenvalue weighted by atomic mass is 10.3. The molecule has 2 heterocycles. The minimum Gasteiger partial charge on any atom is -0.490 e. The second-order valence-corrected chi connectivity index (χ2v) is 6.53. The summed E-state index contributed by atoms with van der Waals surface area (Å²) in [6.45, 7) is 1.20. The van der Waals surface area contributed by atoms with Crippen LogP contribution in [0, 0.1) is 0 Å². The summed E-state index contributed by atoms with van der Waals surface area (Å²) in [5.74, 6) is 1.74. The van der Waals surface area contributed by atoms with Crippen LogP contribution in [0.2, 0.25) is 0 Å². The van der Waals surface area contributed by atoms with Crippen molar-refractivity contribution >= 4 is 23.4 Å². The maximum Gasteiger partial charge on any atom is 0.234 e. The molecule has 0 saturated heterocycles. The van der Waals surface area contributed by atoms with Crippen LogP contribution in [-0.4, -0.2) is 32.8 Å². The van der Waals surface area contributed by atoms with E-state index in [4.69, 9.17) is 4.74 Å². The van der Waals surface area contributed by atoms with E-state index in [1.807, 2.05) is 53.4 Å². The molecule has 3 rings (SSSR count). The Labute approximate surface area is 156 Å². The van der Waals surface area contributed by atoms with Gasteiger partial charge < -0.3 is 14.6 Å². The van der Waals surface area contributed by atoms with E-state index >= 15 is 0 Å². The summed E-state index contributed by atoms with van der Waals surface area (Å²) in [6.07, 6.45) is 8.92. The van der Waals surface area contributed by atoms with Gasteiger partial charge in [0.2, 0.25) is 5.91 Å². The number of pyridine rings is 1. The molecule has 134 valence electrons. The van der Waals surface area contributed by atoms with E-state index in [9.17, 15) is 4.79 Å². The molecular weight excluding hydrogens is 348 g/mol. The molecule has 0 atom stereocenters. The molecule has 1 N–H and O–H groups in total. The zero-order valence-corrected chi connectivity index (χ0v) is 15.1. The van der Waals surface area contributed by atoms with Crippen LogP contribution in [0.1, 0.15) is 5.56 Å². The molecule has 2 aromatic heterocycles. The Kier molecular flexibility index (Phi) is 6.66. The first kappa shape index (κ1) is 18.0. The van der Waals surface area contributed by atoms with Crippen molar-refractivity contribution in [3.8, 4) is 5.75 Å². The molecule has 0 aliphatic heterocycles. The molecule has 1 amide bonds. The number of hydrogen-bond acceptors (Lipinski definition) is 5. The maximum absolute atomic E-state index is 12.2. The Balaban J connectivity index is 1.46. The maximum atomic E-state index is 12.2. The van der Waals surface area contributed by atoms with Crippen LogP contribution in [0.5, 0.6) is 5.75 Å². The SMILES string of the molecule is O=C(CSCc1cccnc1)Nc1ccccc1OCCn1ccnc1. The highest BCUT2D eigenvalue weighted by molar-refractivity contribution is 7.99. The van der Waals surface area contributed by atoms with Gasteiger partial charge in [-0.25, -0.2) is 4.98 Å². The van der Waals surface area contributed by atoms with Gasteiger partial charge in [0, 0.05) is 30.5 Å². The van der Waals surface area contributed by atoms with Gasteiger partial charge in [0.1, 0.15) is 12.4 Å². The predicted octanol–water partition coefficient (Wildman–Crippen LogP) is 3.23. The zero-order chi connectivity index (χ0) is 18.0. The molecule has 0 radical (unpaired) electrons. The molecule has 0 spiro atoms.